The summed E-state index contributed by atoms with van der Waals surface area (Å²) in [4.78, 5) is 25.8. The molecule has 0 aromatic heterocycles. The molecule has 2 amide bonds. The van der Waals surface area contributed by atoms with Crippen LogP contribution in [0.2, 0.25) is 0 Å². The first-order chi connectivity index (χ1) is 14.5. The minimum Gasteiger partial charge on any atom is -0.495 e. The zero-order valence-corrected chi connectivity index (χ0v) is 18.2. The molecule has 0 radical (unpaired) electrons. The molecule has 30 heavy (non-hydrogen) atoms. The van der Waals surface area contributed by atoms with E-state index in [9.17, 15) is 14.9 Å². The minimum atomic E-state index is -0.320. The molecule has 1 aliphatic rings. The topological polar surface area (TPSA) is 91.2 Å². The van der Waals surface area contributed by atoms with Gasteiger partial charge in [0.1, 0.15) is 5.75 Å². The number of nitrogens with zero attached hydrogens (tertiary/aromatic N) is 1. The van der Waals surface area contributed by atoms with E-state index < -0.39 is 0 Å². The lowest BCUT2D eigenvalue weighted by Crippen LogP contribution is -2.31. The fourth-order valence-corrected chi connectivity index (χ4v) is 4.41. The van der Waals surface area contributed by atoms with Crippen LogP contribution in [0.4, 0.5) is 5.69 Å². The highest BCUT2D eigenvalue weighted by atomic mass is 32.2. The molecule has 0 saturated carbocycles. The number of para-hydroxylation sites is 2. The maximum absolute atomic E-state index is 12.4. The summed E-state index contributed by atoms with van der Waals surface area (Å²) < 4.78 is 5.24. The van der Waals surface area contributed by atoms with Crippen molar-refractivity contribution < 1.29 is 14.3 Å². The number of hydrogen-bond acceptors (Lipinski definition) is 6. The molecule has 6 nitrogen and oxygen atoms in total. The van der Waals surface area contributed by atoms with Crippen molar-refractivity contribution in [2.24, 2.45) is 0 Å². The summed E-state index contributed by atoms with van der Waals surface area (Å²) in [6.45, 7) is 0. The summed E-state index contributed by atoms with van der Waals surface area (Å²) in [6.07, 6.45) is 2.20. The Labute approximate surface area is 184 Å². The number of benzene rings is 2. The maximum Gasteiger partial charge on any atom is 0.234 e. The lowest BCUT2D eigenvalue weighted by Gasteiger charge is -2.25. The number of hydrogen-bond donors (Lipinski definition) is 2. The standard InChI is InChI=1S/C22H21N3O3S2/c1-28-19-6-4-3-5-18(19)24-21(27)13-30-22-17(12-23)16(11-20(26)25-22)14-7-9-15(29-2)10-8-14/h3-10,16H,11,13H2,1-2H3,(H,24,27)(H,25,26)/t16-/m0/s1. The second kappa shape index (κ2) is 10.2. The van der Waals surface area contributed by atoms with E-state index in [0.29, 0.717) is 22.0 Å². The third-order valence-corrected chi connectivity index (χ3v) is 6.36. The molecular weight excluding hydrogens is 418 g/mol. The van der Waals surface area contributed by atoms with Crippen LogP contribution in [0, 0.1) is 11.3 Å². The highest BCUT2D eigenvalue weighted by Crippen LogP contribution is 2.36. The number of methoxy groups -OCH3 is 1. The van der Waals surface area contributed by atoms with Crippen LogP contribution < -0.4 is 15.4 Å². The third kappa shape index (κ3) is 5.17. The van der Waals surface area contributed by atoms with Crippen molar-refractivity contribution in [3.63, 3.8) is 0 Å². The number of ether oxygens (including phenoxy) is 1. The molecule has 0 fully saturated rings. The van der Waals surface area contributed by atoms with E-state index in [1.165, 1.54) is 7.11 Å². The van der Waals surface area contributed by atoms with Gasteiger partial charge in [0.05, 0.1) is 35.2 Å². The Bertz CT molecular complexity index is 1010. The average molecular weight is 440 g/mol. The zero-order valence-electron chi connectivity index (χ0n) is 16.6. The number of anilines is 1. The number of nitrogens with one attached hydrogen (secondary N) is 2. The van der Waals surface area contributed by atoms with Crippen LogP contribution in [0.25, 0.3) is 0 Å². The molecule has 1 aliphatic heterocycles. The second-order valence-electron chi connectivity index (χ2n) is 6.47. The summed E-state index contributed by atoms with van der Waals surface area (Å²) in [7, 11) is 1.53. The number of thioether (sulfide) groups is 2. The van der Waals surface area contributed by atoms with Crippen molar-refractivity contribution in [2.75, 3.05) is 24.4 Å². The number of rotatable bonds is 7. The van der Waals surface area contributed by atoms with Crippen LogP contribution in [0.1, 0.15) is 17.9 Å². The summed E-state index contributed by atoms with van der Waals surface area (Å²) in [5.74, 6) is -0.126. The van der Waals surface area contributed by atoms with Crippen molar-refractivity contribution in [1.82, 2.24) is 5.32 Å². The molecule has 0 aliphatic carbocycles. The van der Waals surface area contributed by atoms with Gasteiger partial charge < -0.3 is 15.4 Å². The molecule has 0 unspecified atom stereocenters. The van der Waals surface area contributed by atoms with Crippen molar-refractivity contribution in [1.29, 1.82) is 5.26 Å². The Balaban J connectivity index is 1.75. The minimum absolute atomic E-state index is 0.0526. The first-order valence-corrected chi connectivity index (χ1v) is 11.4. The Morgan fingerprint density at radius 3 is 2.67 bits per heavy atom. The SMILES string of the molecule is COc1ccccc1NC(=O)CSC1=C(C#N)[C@H](c2ccc(SC)cc2)CC(=O)N1. The monoisotopic (exact) mass is 439 g/mol. The van der Waals surface area contributed by atoms with Gasteiger partial charge in [-0.1, -0.05) is 36.0 Å². The molecule has 1 heterocycles. The molecule has 2 N–H and O–H groups in total. The second-order valence-corrected chi connectivity index (χ2v) is 8.34. The normalized spacial score (nSPS) is 15.9. The van der Waals surface area contributed by atoms with Crippen molar-refractivity contribution >= 4 is 41.0 Å². The largest absolute Gasteiger partial charge is 0.495 e. The average Bonchev–Trinajstić information content (AvgIpc) is 2.77. The van der Waals surface area contributed by atoms with Crippen LogP contribution in [-0.4, -0.2) is 30.9 Å². The van der Waals surface area contributed by atoms with Crippen molar-refractivity contribution in [3.05, 3.63) is 64.7 Å². The molecule has 0 bridgehead atoms. The van der Waals surface area contributed by atoms with Gasteiger partial charge in [-0.3, -0.25) is 9.59 Å². The van der Waals surface area contributed by atoms with Crippen LogP contribution in [-0.2, 0) is 9.59 Å². The quantitative estimate of drug-likeness (QED) is 0.631. The smallest absolute Gasteiger partial charge is 0.234 e. The van der Waals surface area contributed by atoms with Gasteiger partial charge in [-0.25, -0.2) is 0 Å². The molecule has 3 rings (SSSR count). The Morgan fingerprint density at radius 1 is 1.27 bits per heavy atom. The van der Waals surface area contributed by atoms with Crippen LogP contribution in [0.5, 0.6) is 5.75 Å². The molecule has 0 spiro atoms. The first kappa shape index (κ1) is 21.8. The summed E-state index contributed by atoms with van der Waals surface area (Å²) >= 11 is 2.78. The van der Waals surface area contributed by atoms with Gasteiger partial charge in [-0.05, 0) is 36.1 Å². The number of amides is 2. The first-order valence-electron chi connectivity index (χ1n) is 9.19. The number of allylic oxidation sites excluding steroid dienone is 1. The Morgan fingerprint density at radius 2 is 2.00 bits per heavy atom. The number of nitriles is 1. The van der Waals surface area contributed by atoms with Crippen LogP contribution >= 0.6 is 23.5 Å². The van der Waals surface area contributed by atoms with E-state index in [4.69, 9.17) is 4.74 Å². The van der Waals surface area contributed by atoms with Crippen LogP contribution in [0.3, 0.4) is 0 Å². The van der Waals surface area contributed by atoms with Gasteiger partial charge in [0.2, 0.25) is 11.8 Å². The molecular formula is C22H21N3O3S2. The highest BCUT2D eigenvalue weighted by Gasteiger charge is 2.29. The third-order valence-electron chi connectivity index (χ3n) is 4.60. The Kier molecular flexibility index (Phi) is 7.44. The van der Waals surface area contributed by atoms with Gasteiger partial charge in [0, 0.05) is 17.2 Å². The molecule has 2 aromatic carbocycles. The zero-order chi connectivity index (χ0) is 21.5. The molecule has 154 valence electrons. The molecule has 8 heteroatoms. The lowest BCUT2D eigenvalue weighted by molar-refractivity contribution is -0.121. The van der Waals surface area contributed by atoms with E-state index >= 15 is 0 Å². The Hall–Kier alpha value is -2.89. The number of carbonyl (C=O) groups is 2. The van der Waals surface area contributed by atoms with E-state index in [2.05, 4.69) is 16.7 Å². The predicted octanol–water partition coefficient (Wildman–Crippen LogP) is 4.13. The van der Waals surface area contributed by atoms with Gasteiger partial charge in [0.15, 0.2) is 0 Å². The number of carbonyl (C=O) groups excluding carboxylic acids is 2. The fourth-order valence-electron chi connectivity index (χ4n) is 3.13. The van der Waals surface area contributed by atoms with Crippen LogP contribution in [0.15, 0.2) is 64.0 Å². The lowest BCUT2D eigenvalue weighted by atomic mass is 9.87. The summed E-state index contributed by atoms with van der Waals surface area (Å²) in [6, 6.07) is 17.2. The van der Waals surface area contributed by atoms with E-state index in [0.717, 1.165) is 22.2 Å². The van der Waals surface area contributed by atoms with E-state index in [1.807, 2.05) is 36.6 Å². The van der Waals surface area contributed by atoms with Gasteiger partial charge in [-0.2, -0.15) is 5.26 Å². The van der Waals surface area contributed by atoms with Crippen molar-refractivity contribution in [2.45, 2.75) is 17.2 Å². The van der Waals surface area contributed by atoms with E-state index in [1.54, 1.807) is 30.0 Å². The maximum atomic E-state index is 12.4. The molecule has 1 atom stereocenters. The van der Waals surface area contributed by atoms with Gasteiger partial charge in [0.25, 0.3) is 0 Å². The predicted molar refractivity (Wildman–Crippen MR) is 120 cm³/mol. The van der Waals surface area contributed by atoms with Crippen molar-refractivity contribution in [3.8, 4) is 11.8 Å². The van der Waals surface area contributed by atoms with E-state index in [-0.39, 0.29) is 29.9 Å². The molecule has 2 aromatic rings. The summed E-state index contributed by atoms with van der Waals surface area (Å²) in [5.41, 5.74) is 1.96. The van der Waals surface area contributed by atoms with Gasteiger partial charge in [-0.15, -0.1) is 11.8 Å². The fraction of sp³-hybridized carbons (Fsp3) is 0.227. The molecule has 0 saturated heterocycles. The highest BCUT2D eigenvalue weighted by molar-refractivity contribution is 8.03. The van der Waals surface area contributed by atoms with Gasteiger partial charge >= 0.3 is 0 Å². The summed E-state index contributed by atoms with van der Waals surface area (Å²) in [5, 5.41) is 15.7.